The highest BCUT2D eigenvalue weighted by Crippen LogP contribution is 2.18. The van der Waals surface area contributed by atoms with Crippen LogP contribution < -0.4 is 10.2 Å². The minimum atomic E-state index is -1.09. The molecule has 0 spiro atoms. The molecule has 0 radical (unpaired) electrons. The van der Waals surface area contributed by atoms with E-state index in [2.05, 4.69) is 41.4 Å². The molecule has 21 heavy (non-hydrogen) atoms. The highest BCUT2D eigenvalue weighted by atomic mass is 16.5. The Bertz CT molecular complexity index is 588. The normalized spacial score (nSPS) is 10.4. The molecule has 0 aliphatic rings. The summed E-state index contributed by atoms with van der Waals surface area (Å²) in [5.74, 6) is -0.603. The monoisotopic (exact) mass is 289 g/mol. The summed E-state index contributed by atoms with van der Waals surface area (Å²) in [6, 6.07) is 9.50. The average molecular weight is 289 g/mol. The van der Waals surface area contributed by atoms with Crippen LogP contribution in [0, 0.1) is 0 Å². The number of carbonyl (C=O) groups is 1. The zero-order valence-corrected chi connectivity index (χ0v) is 12.2. The molecule has 6 heteroatoms. The molecule has 1 heterocycles. The van der Waals surface area contributed by atoms with Crippen molar-refractivity contribution in [3.05, 3.63) is 41.8 Å². The van der Waals surface area contributed by atoms with Crippen molar-refractivity contribution in [2.75, 3.05) is 23.3 Å². The first kappa shape index (κ1) is 14.9. The second-order valence-corrected chi connectivity index (χ2v) is 4.56. The second kappa shape index (κ2) is 6.78. The van der Waals surface area contributed by atoms with Gasteiger partial charge >= 0.3 is 5.97 Å². The SMILES string of the molecule is CCN(CC)c1ccc(NCc2cc(C(=O)O)no2)cc1. The standard InChI is InChI=1S/C15H19N3O3/c1-3-18(4-2)12-7-5-11(6-8-12)16-10-13-9-14(15(19)20)17-21-13/h5-9,16H,3-4,10H2,1-2H3,(H,19,20). The average Bonchev–Trinajstić information content (AvgIpc) is 2.97. The molecule has 0 atom stereocenters. The molecule has 0 amide bonds. The lowest BCUT2D eigenvalue weighted by molar-refractivity contribution is 0.0685. The van der Waals surface area contributed by atoms with Crippen LogP contribution >= 0.6 is 0 Å². The highest BCUT2D eigenvalue weighted by molar-refractivity contribution is 5.85. The van der Waals surface area contributed by atoms with Crippen molar-refractivity contribution in [2.24, 2.45) is 0 Å². The van der Waals surface area contributed by atoms with Crippen LogP contribution in [0.5, 0.6) is 0 Å². The largest absolute Gasteiger partial charge is 0.476 e. The molecule has 1 aromatic heterocycles. The van der Waals surface area contributed by atoms with Crippen molar-refractivity contribution in [3.8, 4) is 0 Å². The van der Waals surface area contributed by atoms with Crippen molar-refractivity contribution < 1.29 is 14.4 Å². The zero-order chi connectivity index (χ0) is 15.2. The predicted octanol–water partition coefficient (Wildman–Crippen LogP) is 2.83. The number of rotatable bonds is 7. The van der Waals surface area contributed by atoms with Gasteiger partial charge in [-0.15, -0.1) is 0 Å². The summed E-state index contributed by atoms with van der Waals surface area (Å²) in [4.78, 5) is 13.0. The number of carboxylic acids is 1. The van der Waals surface area contributed by atoms with Gasteiger partial charge in [-0.2, -0.15) is 0 Å². The van der Waals surface area contributed by atoms with Gasteiger partial charge in [0.05, 0.1) is 6.54 Å². The fourth-order valence-electron chi connectivity index (χ4n) is 2.07. The molecule has 0 aliphatic carbocycles. The first-order valence-electron chi connectivity index (χ1n) is 6.91. The van der Waals surface area contributed by atoms with Crippen molar-refractivity contribution >= 4 is 17.3 Å². The topological polar surface area (TPSA) is 78.6 Å². The third-order valence-corrected chi connectivity index (χ3v) is 3.24. The Morgan fingerprint density at radius 2 is 1.95 bits per heavy atom. The first-order valence-corrected chi connectivity index (χ1v) is 6.91. The number of hydrogen-bond acceptors (Lipinski definition) is 5. The molecule has 0 unspecified atom stereocenters. The summed E-state index contributed by atoms with van der Waals surface area (Å²) in [5.41, 5.74) is 2.04. The molecule has 0 bridgehead atoms. The van der Waals surface area contributed by atoms with Gasteiger partial charge in [0.1, 0.15) is 0 Å². The number of nitrogens with zero attached hydrogens (tertiary/aromatic N) is 2. The van der Waals surface area contributed by atoms with Gasteiger partial charge in [0, 0.05) is 30.5 Å². The molecule has 0 fully saturated rings. The Morgan fingerprint density at radius 3 is 2.48 bits per heavy atom. The second-order valence-electron chi connectivity index (χ2n) is 4.56. The number of aromatic carboxylic acids is 1. The van der Waals surface area contributed by atoms with Crippen LogP contribution in [-0.4, -0.2) is 29.3 Å². The molecule has 112 valence electrons. The number of aromatic nitrogens is 1. The van der Waals surface area contributed by atoms with Gasteiger partial charge < -0.3 is 19.8 Å². The highest BCUT2D eigenvalue weighted by Gasteiger charge is 2.10. The summed E-state index contributed by atoms with van der Waals surface area (Å²) in [6.45, 7) is 6.59. The van der Waals surface area contributed by atoms with Gasteiger partial charge in [0.15, 0.2) is 11.5 Å². The number of carboxylic acid groups (broad SMARTS) is 1. The molecular weight excluding hydrogens is 270 g/mol. The van der Waals surface area contributed by atoms with Crippen molar-refractivity contribution in [1.82, 2.24) is 5.16 Å². The molecule has 0 saturated heterocycles. The third-order valence-electron chi connectivity index (χ3n) is 3.24. The Kier molecular flexibility index (Phi) is 4.81. The van der Waals surface area contributed by atoms with Crippen LogP contribution in [0.1, 0.15) is 30.1 Å². The maximum Gasteiger partial charge on any atom is 0.358 e. The predicted molar refractivity (Wildman–Crippen MR) is 80.8 cm³/mol. The van der Waals surface area contributed by atoms with E-state index in [-0.39, 0.29) is 5.69 Å². The molecule has 0 aliphatic heterocycles. The van der Waals surface area contributed by atoms with Crippen molar-refractivity contribution in [1.29, 1.82) is 0 Å². The van der Waals surface area contributed by atoms with Gasteiger partial charge in [-0.1, -0.05) is 5.16 Å². The van der Waals surface area contributed by atoms with Crippen LogP contribution in [0.3, 0.4) is 0 Å². The first-order chi connectivity index (χ1) is 10.1. The lowest BCUT2D eigenvalue weighted by Crippen LogP contribution is -2.21. The van der Waals surface area contributed by atoms with Crippen LogP contribution in [0.15, 0.2) is 34.9 Å². The van der Waals surface area contributed by atoms with Crippen LogP contribution in [-0.2, 0) is 6.54 Å². The van der Waals surface area contributed by atoms with E-state index in [4.69, 9.17) is 9.63 Å². The summed E-state index contributed by atoms with van der Waals surface area (Å²) in [5, 5.41) is 15.4. The molecule has 6 nitrogen and oxygen atoms in total. The van der Waals surface area contributed by atoms with E-state index in [1.165, 1.54) is 11.8 Å². The van der Waals surface area contributed by atoms with Gasteiger partial charge in [-0.05, 0) is 38.1 Å². The van der Waals surface area contributed by atoms with Crippen LogP contribution in [0.25, 0.3) is 0 Å². The van der Waals surface area contributed by atoms with Crippen LogP contribution in [0.2, 0.25) is 0 Å². The fourth-order valence-corrected chi connectivity index (χ4v) is 2.07. The van der Waals surface area contributed by atoms with Gasteiger partial charge in [-0.3, -0.25) is 0 Å². The molecule has 0 saturated carbocycles. The van der Waals surface area contributed by atoms with E-state index in [9.17, 15) is 4.79 Å². The lowest BCUT2D eigenvalue weighted by atomic mass is 10.2. The Labute approximate surface area is 123 Å². The van der Waals surface area contributed by atoms with Crippen molar-refractivity contribution in [2.45, 2.75) is 20.4 Å². The van der Waals surface area contributed by atoms with Gasteiger partial charge in [-0.25, -0.2) is 4.79 Å². The van der Waals surface area contributed by atoms with Crippen LogP contribution in [0.4, 0.5) is 11.4 Å². The number of hydrogen-bond donors (Lipinski definition) is 2. The molecular formula is C15H19N3O3. The summed E-state index contributed by atoms with van der Waals surface area (Å²) >= 11 is 0. The Morgan fingerprint density at radius 1 is 1.29 bits per heavy atom. The van der Waals surface area contributed by atoms with E-state index in [1.54, 1.807) is 0 Å². The molecule has 2 aromatic rings. The minimum absolute atomic E-state index is 0.0799. The van der Waals surface area contributed by atoms with Gasteiger partial charge in [0.2, 0.25) is 0 Å². The minimum Gasteiger partial charge on any atom is -0.476 e. The van der Waals surface area contributed by atoms with Crippen molar-refractivity contribution in [3.63, 3.8) is 0 Å². The zero-order valence-electron chi connectivity index (χ0n) is 12.2. The number of anilines is 2. The van der Waals surface area contributed by atoms with E-state index in [1.807, 2.05) is 12.1 Å². The summed E-state index contributed by atoms with van der Waals surface area (Å²) in [7, 11) is 0. The van der Waals surface area contributed by atoms with E-state index in [0.717, 1.165) is 18.8 Å². The smallest absolute Gasteiger partial charge is 0.358 e. The maximum atomic E-state index is 10.7. The summed E-state index contributed by atoms with van der Waals surface area (Å²) < 4.78 is 4.94. The van der Waals surface area contributed by atoms with E-state index in [0.29, 0.717) is 12.3 Å². The number of benzene rings is 1. The van der Waals surface area contributed by atoms with Gasteiger partial charge in [0.25, 0.3) is 0 Å². The quantitative estimate of drug-likeness (QED) is 0.816. The summed E-state index contributed by atoms with van der Waals surface area (Å²) in [6.07, 6.45) is 0. The lowest BCUT2D eigenvalue weighted by Gasteiger charge is -2.21. The maximum absolute atomic E-state index is 10.7. The number of nitrogens with one attached hydrogen (secondary N) is 1. The molecule has 2 rings (SSSR count). The van der Waals surface area contributed by atoms with E-state index >= 15 is 0 Å². The molecule has 2 N–H and O–H groups in total. The Balaban J connectivity index is 1.95. The fraction of sp³-hybridized carbons (Fsp3) is 0.333. The third kappa shape index (κ3) is 3.75. The molecule has 1 aromatic carbocycles. The Hall–Kier alpha value is -2.50. The van der Waals surface area contributed by atoms with E-state index < -0.39 is 5.97 Å².